The largest absolute Gasteiger partial charge is 0.485 e. The Morgan fingerprint density at radius 2 is 1.78 bits per heavy atom. The van der Waals surface area contributed by atoms with E-state index < -0.39 is 0 Å². The van der Waals surface area contributed by atoms with Gasteiger partial charge in [-0.05, 0) is 30.3 Å². The number of carbonyl (C=O) groups is 1. The lowest BCUT2D eigenvalue weighted by Crippen LogP contribution is -2.12. The maximum atomic E-state index is 11.9. The van der Waals surface area contributed by atoms with Gasteiger partial charge < -0.3 is 4.74 Å². The molecule has 2 nitrogen and oxygen atoms in total. The van der Waals surface area contributed by atoms with Gasteiger partial charge in [0, 0.05) is 15.1 Å². The quantitative estimate of drug-likeness (QED) is 0.781. The van der Waals surface area contributed by atoms with E-state index >= 15 is 0 Å². The minimum absolute atomic E-state index is 0.00421. The van der Waals surface area contributed by atoms with Crippen molar-refractivity contribution in [1.29, 1.82) is 0 Å². The van der Waals surface area contributed by atoms with Gasteiger partial charge in [0.1, 0.15) is 5.75 Å². The molecule has 0 aliphatic carbocycles. The fourth-order valence-corrected chi connectivity index (χ4v) is 2.08. The number of hydrogen-bond donors (Lipinski definition) is 0. The van der Waals surface area contributed by atoms with Crippen molar-refractivity contribution in [2.45, 2.75) is 0 Å². The second kappa shape index (κ2) is 6.03. The SMILES string of the molecule is O=C(COc1ccc(Cl)cc1)c1ccccc1Br. The summed E-state index contributed by atoms with van der Waals surface area (Å²) in [6, 6.07) is 14.2. The number of ether oxygens (including phenoxy) is 1. The molecule has 0 heterocycles. The summed E-state index contributed by atoms with van der Waals surface area (Å²) in [6.07, 6.45) is 0. The van der Waals surface area contributed by atoms with Crippen LogP contribution in [0.25, 0.3) is 0 Å². The molecule has 0 aromatic heterocycles. The van der Waals surface area contributed by atoms with Crippen LogP contribution in [0.5, 0.6) is 5.75 Å². The molecule has 0 aliphatic rings. The van der Waals surface area contributed by atoms with E-state index in [2.05, 4.69) is 15.9 Å². The first-order chi connectivity index (χ1) is 8.66. The van der Waals surface area contributed by atoms with Crippen molar-refractivity contribution in [3.05, 3.63) is 63.6 Å². The van der Waals surface area contributed by atoms with Crippen LogP contribution in [0.2, 0.25) is 5.02 Å². The molecule has 92 valence electrons. The van der Waals surface area contributed by atoms with Crippen LogP contribution in [0.15, 0.2) is 53.0 Å². The van der Waals surface area contributed by atoms with E-state index in [-0.39, 0.29) is 12.4 Å². The van der Waals surface area contributed by atoms with Gasteiger partial charge in [-0.25, -0.2) is 0 Å². The number of hydrogen-bond acceptors (Lipinski definition) is 2. The predicted molar refractivity (Wildman–Crippen MR) is 75.4 cm³/mol. The van der Waals surface area contributed by atoms with Gasteiger partial charge in [0.15, 0.2) is 6.61 Å². The van der Waals surface area contributed by atoms with Crippen LogP contribution in [0, 0.1) is 0 Å². The van der Waals surface area contributed by atoms with Crippen LogP contribution in [0.3, 0.4) is 0 Å². The summed E-state index contributed by atoms with van der Waals surface area (Å²) < 4.78 is 6.18. The minimum atomic E-state index is -0.0718. The van der Waals surface area contributed by atoms with E-state index in [1.54, 1.807) is 30.3 Å². The molecule has 0 amide bonds. The Morgan fingerprint density at radius 1 is 1.11 bits per heavy atom. The average Bonchev–Trinajstić information content (AvgIpc) is 2.38. The lowest BCUT2D eigenvalue weighted by Gasteiger charge is -2.06. The summed E-state index contributed by atoms with van der Waals surface area (Å²) in [6.45, 7) is 0.00421. The van der Waals surface area contributed by atoms with Crippen molar-refractivity contribution in [1.82, 2.24) is 0 Å². The predicted octanol–water partition coefficient (Wildman–Crippen LogP) is 4.36. The number of rotatable bonds is 4. The molecule has 0 bridgehead atoms. The highest BCUT2D eigenvalue weighted by molar-refractivity contribution is 9.10. The second-order valence-electron chi connectivity index (χ2n) is 3.65. The molecule has 0 saturated heterocycles. The van der Waals surface area contributed by atoms with E-state index in [1.807, 2.05) is 18.2 Å². The summed E-state index contributed by atoms with van der Waals surface area (Å²) in [5.41, 5.74) is 0.617. The lowest BCUT2D eigenvalue weighted by molar-refractivity contribution is 0.0921. The van der Waals surface area contributed by atoms with Gasteiger partial charge in [0.25, 0.3) is 0 Å². The van der Waals surface area contributed by atoms with Gasteiger partial charge in [-0.15, -0.1) is 0 Å². The van der Waals surface area contributed by atoms with Gasteiger partial charge in [-0.1, -0.05) is 45.7 Å². The molecule has 2 aromatic carbocycles. The zero-order valence-electron chi connectivity index (χ0n) is 9.40. The minimum Gasteiger partial charge on any atom is -0.485 e. The standard InChI is InChI=1S/C14H10BrClO2/c15-13-4-2-1-3-12(13)14(17)9-18-11-7-5-10(16)6-8-11/h1-8H,9H2. The Balaban J connectivity index is 2.01. The van der Waals surface area contributed by atoms with Gasteiger partial charge in [-0.2, -0.15) is 0 Å². The molecule has 2 aromatic rings. The molecule has 0 spiro atoms. The molecule has 0 radical (unpaired) electrons. The summed E-state index contributed by atoms with van der Waals surface area (Å²) in [5.74, 6) is 0.553. The molecule has 18 heavy (non-hydrogen) atoms. The Labute approximate surface area is 119 Å². The van der Waals surface area contributed by atoms with Crippen LogP contribution in [-0.4, -0.2) is 12.4 Å². The fraction of sp³-hybridized carbons (Fsp3) is 0.0714. The fourth-order valence-electron chi connectivity index (χ4n) is 1.44. The Hall–Kier alpha value is -1.32. The van der Waals surface area contributed by atoms with Crippen LogP contribution in [-0.2, 0) is 0 Å². The van der Waals surface area contributed by atoms with Crippen LogP contribution in [0.1, 0.15) is 10.4 Å². The molecule has 0 atom stereocenters. The zero-order valence-corrected chi connectivity index (χ0v) is 11.7. The first-order valence-electron chi connectivity index (χ1n) is 5.33. The molecule has 2 rings (SSSR count). The van der Waals surface area contributed by atoms with E-state index in [0.29, 0.717) is 16.3 Å². The normalized spacial score (nSPS) is 10.1. The molecular formula is C14H10BrClO2. The molecule has 0 aliphatic heterocycles. The van der Waals surface area contributed by atoms with E-state index in [9.17, 15) is 4.79 Å². The van der Waals surface area contributed by atoms with Crippen LogP contribution >= 0.6 is 27.5 Å². The van der Waals surface area contributed by atoms with Crippen molar-refractivity contribution in [2.75, 3.05) is 6.61 Å². The Kier molecular flexibility index (Phi) is 4.39. The first-order valence-corrected chi connectivity index (χ1v) is 6.50. The number of benzene rings is 2. The molecule has 0 fully saturated rings. The van der Waals surface area contributed by atoms with E-state index in [1.165, 1.54) is 0 Å². The number of halogens is 2. The van der Waals surface area contributed by atoms with Gasteiger partial charge in [0.2, 0.25) is 5.78 Å². The third-order valence-electron chi connectivity index (χ3n) is 2.36. The topological polar surface area (TPSA) is 26.3 Å². The smallest absolute Gasteiger partial charge is 0.201 e. The Morgan fingerprint density at radius 3 is 2.44 bits per heavy atom. The van der Waals surface area contributed by atoms with Crippen molar-refractivity contribution in [2.24, 2.45) is 0 Å². The molecular weight excluding hydrogens is 316 g/mol. The summed E-state index contributed by atoms with van der Waals surface area (Å²) >= 11 is 9.10. The third-order valence-corrected chi connectivity index (χ3v) is 3.30. The lowest BCUT2D eigenvalue weighted by atomic mass is 10.1. The number of Topliss-reactive ketones (excluding diaryl/α,β-unsaturated/α-hetero) is 1. The first kappa shape index (κ1) is 13.1. The highest BCUT2D eigenvalue weighted by Crippen LogP contribution is 2.18. The number of ketones is 1. The maximum Gasteiger partial charge on any atom is 0.201 e. The van der Waals surface area contributed by atoms with Crippen molar-refractivity contribution in [3.63, 3.8) is 0 Å². The third kappa shape index (κ3) is 3.34. The van der Waals surface area contributed by atoms with E-state index in [4.69, 9.17) is 16.3 Å². The van der Waals surface area contributed by atoms with Crippen molar-refractivity contribution >= 4 is 33.3 Å². The van der Waals surface area contributed by atoms with Gasteiger partial charge in [-0.3, -0.25) is 4.79 Å². The highest BCUT2D eigenvalue weighted by Gasteiger charge is 2.09. The summed E-state index contributed by atoms with van der Waals surface area (Å²) in [5, 5.41) is 0.638. The Bertz CT molecular complexity index is 552. The molecule has 0 N–H and O–H groups in total. The van der Waals surface area contributed by atoms with Crippen molar-refractivity contribution < 1.29 is 9.53 Å². The monoisotopic (exact) mass is 324 g/mol. The second-order valence-corrected chi connectivity index (χ2v) is 4.94. The van der Waals surface area contributed by atoms with Gasteiger partial charge >= 0.3 is 0 Å². The summed E-state index contributed by atoms with van der Waals surface area (Å²) in [4.78, 5) is 11.9. The zero-order chi connectivity index (χ0) is 13.0. The van der Waals surface area contributed by atoms with E-state index in [0.717, 1.165) is 4.47 Å². The van der Waals surface area contributed by atoms with Crippen molar-refractivity contribution in [3.8, 4) is 5.75 Å². The average molecular weight is 326 g/mol. The molecule has 4 heteroatoms. The van der Waals surface area contributed by atoms with Gasteiger partial charge in [0.05, 0.1) is 0 Å². The summed E-state index contributed by atoms with van der Waals surface area (Å²) in [7, 11) is 0. The molecule has 0 unspecified atom stereocenters. The number of carbonyl (C=O) groups excluding carboxylic acids is 1. The van der Waals surface area contributed by atoms with Crippen LogP contribution in [0.4, 0.5) is 0 Å². The highest BCUT2D eigenvalue weighted by atomic mass is 79.9. The maximum absolute atomic E-state index is 11.9. The molecule has 0 saturated carbocycles. The van der Waals surface area contributed by atoms with Crippen LogP contribution < -0.4 is 4.74 Å².